The van der Waals surface area contributed by atoms with Gasteiger partial charge in [0.15, 0.2) is 5.58 Å². The quantitative estimate of drug-likeness (QED) is 0.517. The number of fused-ring (bicyclic) bond motifs is 3. The molecule has 4 aromatic rings. The highest BCUT2D eigenvalue weighted by molar-refractivity contribution is 6.03. The van der Waals surface area contributed by atoms with Crippen LogP contribution in [-0.4, -0.2) is 15.0 Å². The molecule has 0 amide bonds. The van der Waals surface area contributed by atoms with E-state index >= 15 is 0 Å². The second kappa shape index (κ2) is 3.88. The molecule has 4 rings (SSSR count). The monoisotopic (exact) mass is 247 g/mol. The highest BCUT2D eigenvalue weighted by Crippen LogP contribution is 2.28. The van der Waals surface area contributed by atoms with Crippen molar-refractivity contribution in [2.45, 2.75) is 0 Å². The second-order valence-corrected chi connectivity index (χ2v) is 4.28. The molecule has 0 saturated carbocycles. The van der Waals surface area contributed by atoms with Gasteiger partial charge in [0.25, 0.3) is 0 Å². The smallest absolute Gasteiger partial charge is 0.230 e. The van der Waals surface area contributed by atoms with Gasteiger partial charge in [-0.1, -0.05) is 30.3 Å². The fraction of sp³-hybridized carbons (Fsp3) is 0. The predicted octanol–water partition coefficient (Wildman–Crippen LogP) is 3.44. The molecule has 2 aromatic carbocycles. The summed E-state index contributed by atoms with van der Waals surface area (Å²) in [4.78, 5) is 12.5. The zero-order valence-electron chi connectivity index (χ0n) is 9.95. The Morgan fingerprint density at radius 2 is 1.74 bits per heavy atom. The van der Waals surface area contributed by atoms with Crippen molar-refractivity contribution in [3.8, 4) is 11.5 Å². The summed E-state index contributed by atoms with van der Waals surface area (Å²) < 4.78 is 5.77. The van der Waals surface area contributed by atoms with Gasteiger partial charge in [-0.25, -0.2) is 15.0 Å². The van der Waals surface area contributed by atoms with Crippen molar-refractivity contribution in [1.82, 2.24) is 15.0 Å². The molecular formula is C15H9N3O. The van der Waals surface area contributed by atoms with Crippen molar-refractivity contribution in [2.75, 3.05) is 0 Å². The summed E-state index contributed by atoms with van der Waals surface area (Å²) in [7, 11) is 0. The van der Waals surface area contributed by atoms with E-state index in [9.17, 15) is 0 Å². The molecule has 0 atom stereocenters. The molecule has 0 fully saturated rings. The van der Waals surface area contributed by atoms with Gasteiger partial charge in [0.05, 0.1) is 5.56 Å². The first-order valence-electron chi connectivity index (χ1n) is 5.95. The van der Waals surface area contributed by atoms with Gasteiger partial charge < -0.3 is 4.42 Å². The van der Waals surface area contributed by atoms with E-state index in [1.54, 1.807) is 12.4 Å². The molecule has 0 bridgehead atoms. The fourth-order valence-corrected chi connectivity index (χ4v) is 2.19. The van der Waals surface area contributed by atoms with E-state index in [4.69, 9.17) is 4.42 Å². The Morgan fingerprint density at radius 3 is 2.63 bits per heavy atom. The molecule has 0 saturated heterocycles. The van der Waals surface area contributed by atoms with Crippen LogP contribution in [0.15, 0.2) is 59.5 Å². The lowest BCUT2D eigenvalue weighted by Crippen LogP contribution is -1.81. The van der Waals surface area contributed by atoms with E-state index in [2.05, 4.69) is 21.0 Å². The van der Waals surface area contributed by atoms with Gasteiger partial charge in [0.1, 0.15) is 11.8 Å². The zero-order chi connectivity index (χ0) is 12.7. The van der Waals surface area contributed by atoms with Gasteiger partial charge >= 0.3 is 0 Å². The summed E-state index contributed by atoms with van der Waals surface area (Å²) in [6, 6.07) is 12.1. The Bertz CT molecular complexity index is 868. The molecule has 0 aliphatic rings. The standard InChI is InChI=1S/C15H9N3O/c1-2-4-12-10(3-1)5-6-13-14(12)18-15(19-13)11-7-16-9-17-8-11/h1-9H. The Labute approximate surface area is 108 Å². The number of nitrogens with zero attached hydrogens (tertiary/aromatic N) is 3. The molecule has 2 heterocycles. The minimum Gasteiger partial charge on any atom is -0.436 e. The second-order valence-electron chi connectivity index (χ2n) is 4.28. The van der Waals surface area contributed by atoms with E-state index < -0.39 is 0 Å². The average molecular weight is 247 g/mol. The molecule has 0 aliphatic carbocycles. The molecule has 0 N–H and O–H groups in total. The molecule has 0 aliphatic heterocycles. The molecule has 4 nitrogen and oxygen atoms in total. The molecule has 0 spiro atoms. The summed E-state index contributed by atoms with van der Waals surface area (Å²) in [5.74, 6) is 0.548. The number of hydrogen-bond donors (Lipinski definition) is 0. The zero-order valence-corrected chi connectivity index (χ0v) is 9.95. The first-order valence-corrected chi connectivity index (χ1v) is 5.95. The Kier molecular flexibility index (Phi) is 2.08. The van der Waals surface area contributed by atoms with Crippen LogP contribution in [0.25, 0.3) is 33.3 Å². The van der Waals surface area contributed by atoms with Gasteiger partial charge in [-0.3, -0.25) is 0 Å². The summed E-state index contributed by atoms with van der Waals surface area (Å²) >= 11 is 0. The van der Waals surface area contributed by atoms with Gasteiger partial charge in [-0.15, -0.1) is 0 Å². The summed E-state index contributed by atoms with van der Waals surface area (Å²) in [6.45, 7) is 0. The van der Waals surface area contributed by atoms with Crippen LogP contribution in [0.3, 0.4) is 0 Å². The lowest BCUT2D eigenvalue weighted by molar-refractivity contribution is 0.619. The van der Waals surface area contributed by atoms with Crippen molar-refractivity contribution < 1.29 is 4.42 Å². The van der Waals surface area contributed by atoms with Crippen molar-refractivity contribution in [1.29, 1.82) is 0 Å². The Balaban J connectivity index is 2.04. The minimum absolute atomic E-state index is 0.548. The van der Waals surface area contributed by atoms with Gasteiger partial charge in [0, 0.05) is 17.8 Å². The molecule has 0 unspecified atom stereocenters. The third kappa shape index (κ3) is 1.57. The van der Waals surface area contributed by atoms with Crippen LogP contribution in [0.1, 0.15) is 0 Å². The molecule has 2 aromatic heterocycles. The van der Waals surface area contributed by atoms with Crippen LogP contribution >= 0.6 is 0 Å². The lowest BCUT2D eigenvalue weighted by Gasteiger charge is -1.95. The first-order chi connectivity index (χ1) is 9.42. The van der Waals surface area contributed by atoms with E-state index in [0.29, 0.717) is 5.89 Å². The fourth-order valence-electron chi connectivity index (χ4n) is 2.19. The van der Waals surface area contributed by atoms with Gasteiger partial charge in [-0.2, -0.15) is 0 Å². The van der Waals surface area contributed by atoms with Crippen molar-refractivity contribution in [3.63, 3.8) is 0 Å². The van der Waals surface area contributed by atoms with Crippen LogP contribution in [0, 0.1) is 0 Å². The van der Waals surface area contributed by atoms with E-state index in [0.717, 1.165) is 27.4 Å². The van der Waals surface area contributed by atoms with Crippen LogP contribution in [0.5, 0.6) is 0 Å². The first kappa shape index (κ1) is 10.2. The van der Waals surface area contributed by atoms with Gasteiger partial charge in [0.2, 0.25) is 5.89 Å². The maximum atomic E-state index is 5.77. The third-order valence-electron chi connectivity index (χ3n) is 3.09. The topological polar surface area (TPSA) is 51.8 Å². The molecule has 19 heavy (non-hydrogen) atoms. The highest BCUT2D eigenvalue weighted by Gasteiger charge is 2.10. The maximum Gasteiger partial charge on any atom is 0.230 e. The number of rotatable bonds is 1. The summed E-state index contributed by atoms with van der Waals surface area (Å²) in [5, 5.41) is 2.24. The van der Waals surface area contributed by atoms with E-state index in [1.807, 2.05) is 30.3 Å². The molecule has 0 radical (unpaired) electrons. The molecular weight excluding hydrogens is 238 g/mol. The van der Waals surface area contributed by atoms with Crippen LogP contribution in [0.4, 0.5) is 0 Å². The normalized spacial score (nSPS) is 11.2. The summed E-state index contributed by atoms with van der Waals surface area (Å²) in [5.41, 5.74) is 2.43. The maximum absolute atomic E-state index is 5.77. The average Bonchev–Trinajstić information content (AvgIpc) is 2.93. The number of benzene rings is 2. The SMILES string of the molecule is c1ccc2c(c1)ccc1oc(-c3cncnc3)nc12. The minimum atomic E-state index is 0.548. The van der Waals surface area contributed by atoms with E-state index in [1.165, 1.54) is 6.33 Å². The number of hydrogen-bond acceptors (Lipinski definition) is 4. The van der Waals surface area contributed by atoms with Crippen molar-refractivity contribution >= 4 is 21.9 Å². The third-order valence-corrected chi connectivity index (χ3v) is 3.09. The largest absolute Gasteiger partial charge is 0.436 e. The van der Waals surface area contributed by atoms with E-state index in [-0.39, 0.29) is 0 Å². The number of oxazole rings is 1. The molecule has 4 heteroatoms. The number of aromatic nitrogens is 3. The van der Waals surface area contributed by atoms with Crippen LogP contribution in [0.2, 0.25) is 0 Å². The van der Waals surface area contributed by atoms with Crippen LogP contribution < -0.4 is 0 Å². The summed E-state index contributed by atoms with van der Waals surface area (Å²) in [6.07, 6.45) is 4.88. The van der Waals surface area contributed by atoms with Crippen LogP contribution in [-0.2, 0) is 0 Å². The molecule has 90 valence electrons. The van der Waals surface area contributed by atoms with Crippen molar-refractivity contribution in [2.24, 2.45) is 0 Å². The highest BCUT2D eigenvalue weighted by atomic mass is 16.3. The Hall–Kier alpha value is -2.75. The lowest BCUT2D eigenvalue weighted by atomic mass is 10.1. The Morgan fingerprint density at radius 1 is 0.895 bits per heavy atom. The van der Waals surface area contributed by atoms with Gasteiger partial charge in [-0.05, 0) is 11.5 Å². The van der Waals surface area contributed by atoms with Crippen molar-refractivity contribution in [3.05, 3.63) is 55.1 Å². The predicted molar refractivity (Wildman–Crippen MR) is 72.5 cm³/mol.